The molecule has 3 heterocycles. The van der Waals surface area contributed by atoms with E-state index in [0.29, 0.717) is 17.9 Å². The van der Waals surface area contributed by atoms with Gasteiger partial charge in [0.15, 0.2) is 0 Å². The first-order valence-corrected chi connectivity index (χ1v) is 12.4. The molecular formula is C22H23F3N4O5S. The fraction of sp³-hybridized carbons (Fsp3) is 0.409. The number of halogens is 3. The smallest absolute Gasteiger partial charge is 0.490 e. The summed E-state index contributed by atoms with van der Waals surface area (Å²) in [6.07, 6.45) is 5.42. The number of nitrogens with zero attached hydrogens (tertiary/aromatic N) is 4. The number of urea groups is 1. The fourth-order valence-corrected chi connectivity index (χ4v) is 4.76. The molecule has 0 N–H and O–H groups in total. The van der Waals surface area contributed by atoms with Gasteiger partial charge in [0, 0.05) is 18.3 Å². The maximum absolute atomic E-state index is 12.9. The Morgan fingerprint density at radius 2 is 1.71 bits per heavy atom. The Balaban J connectivity index is 1.44. The summed E-state index contributed by atoms with van der Waals surface area (Å²) >= 11 is 0. The summed E-state index contributed by atoms with van der Waals surface area (Å²) in [6.45, 7) is 3.09. The molecule has 0 radical (unpaired) electrons. The number of hydrogen-bond acceptors (Lipinski definition) is 7. The van der Waals surface area contributed by atoms with Gasteiger partial charge in [-0.1, -0.05) is 0 Å². The van der Waals surface area contributed by atoms with Crippen molar-refractivity contribution in [1.82, 2.24) is 14.8 Å². The van der Waals surface area contributed by atoms with Gasteiger partial charge in [-0.05, 0) is 56.3 Å². The summed E-state index contributed by atoms with van der Waals surface area (Å²) in [5.41, 5.74) is -4.83. The first-order chi connectivity index (χ1) is 16.6. The molecule has 0 unspecified atom stereocenters. The molecule has 3 amide bonds. The number of benzene rings is 1. The Bertz CT molecular complexity index is 1200. The number of rotatable bonds is 8. The lowest BCUT2D eigenvalue weighted by Gasteiger charge is -2.20. The maximum Gasteiger partial charge on any atom is 0.501 e. The largest absolute Gasteiger partial charge is 0.501 e. The molecule has 2 aromatic rings. The number of likely N-dealkylation sites (tertiary alicyclic amines) is 1. The molecule has 2 aliphatic heterocycles. The highest BCUT2D eigenvalue weighted by Crippen LogP contribution is 2.32. The highest BCUT2D eigenvalue weighted by molar-refractivity contribution is 7.92. The Morgan fingerprint density at radius 1 is 1.03 bits per heavy atom. The van der Waals surface area contributed by atoms with Gasteiger partial charge in [-0.15, -0.1) is 0 Å². The topological polar surface area (TPSA) is 100 Å². The molecule has 0 atom stereocenters. The number of hydrogen-bond donors (Lipinski definition) is 0. The van der Waals surface area contributed by atoms with E-state index in [0.717, 1.165) is 48.8 Å². The third kappa shape index (κ3) is 5.25. The summed E-state index contributed by atoms with van der Waals surface area (Å²) in [5, 5.41) is 0. The fourth-order valence-electron chi connectivity index (χ4n) is 4.00. The lowest BCUT2D eigenvalue weighted by atomic mass is 10.2. The van der Waals surface area contributed by atoms with E-state index in [4.69, 9.17) is 4.74 Å². The van der Waals surface area contributed by atoms with E-state index in [9.17, 15) is 31.2 Å². The van der Waals surface area contributed by atoms with E-state index in [-0.39, 0.29) is 18.8 Å². The standard InChI is InChI=1S/C22H23F3N4O5S/c23-22(24,25)35(32,33)18-5-3-17(4-6-18)29-20(30)15-28(21(29)31)14-16-7-8-26-13-19(16)34-12-11-27-9-1-2-10-27/h3-8,13H,1-2,9-12,14-15H2. The molecule has 1 aromatic heterocycles. The van der Waals surface area contributed by atoms with Crippen molar-refractivity contribution in [3.05, 3.63) is 48.3 Å². The number of aromatic nitrogens is 1. The van der Waals surface area contributed by atoms with Gasteiger partial charge >= 0.3 is 11.5 Å². The van der Waals surface area contributed by atoms with Gasteiger partial charge in [0.05, 0.1) is 23.3 Å². The third-order valence-electron chi connectivity index (χ3n) is 5.84. The summed E-state index contributed by atoms with van der Waals surface area (Å²) in [6, 6.07) is 4.44. The molecule has 188 valence electrons. The number of amides is 3. The first kappa shape index (κ1) is 24.9. The first-order valence-electron chi connectivity index (χ1n) is 10.9. The number of imide groups is 1. The van der Waals surface area contributed by atoms with Gasteiger partial charge < -0.3 is 9.64 Å². The second-order valence-corrected chi connectivity index (χ2v) is 10.1. The van der Waals surface area contributed by atoms with Crippen molar-refractivity contribution in [1.29, 1.82) is 0 Å². The van der Waals surface area contributed by atoms with Gasteiger partial charge in [-0.25, -0.2) is 18.1 Å². The van der Waals surface area contributed by atoms with Gasteiger partial charge in [-0.2, -0.15) is 13.2 Å². The van der Waals surface area contributed by atoms with Gasteiger partial charge in [0.2, 0.25) is 0 Å². The molecule has 35 heavy (non-hydrogen) atoms. The van der Waals surface area contributed by atoms with Crippen LogP contribution in [-0.4, -0.2) is 73.4 Å². The second-order valence-electron chi connectivity index (χ2n) is 8.19. The van der Waals surface area contributed by atoms with Crippen LogP contribution in [0.2, 0.25) is 0 Å². The predicted molar refractivity (Wildman–Crippen MR) is 118 cm³/mol. The Hall–Kier alpha value is -3.19. The molecule has 2 aliphatic rings. The van der Waals surface area contributed by atoms with Crippen LogP contribution in [0.1, 0.15) is 18.4 Å². The number of sulfone groups is 1. The van der Waals surface area contributed by atoms with Crippen LogP contribution in [0.5, 0.6) is 5.75 Å². The van der Waals surface area contributed by atoms with Gasteiger partial charge in [0.1, 0.15) is 18.9 Å². The average molecular weight is 513 g/mol. The Morgan fingerprint density at radius 3 is 2.37 bits per heavy atom. The van der Waals surface area contributed by atoms with E-state index in [2.05, 4.69) is 9.88 Å². The van der Waals surface area contributed by atoms with Crippen molar-refractivity contribution in [3.8, 4) is 5.75 Å². The van der Waals surface area contributed by atoms with E-state index in [1.807, 2.05) is 0 Å². The predicted octanol–water partition coefficient (Wildman–Crippen LogP) is 2.82. The molecule has 13 heteroatoms. The lowest BCUT2D eigenvalue weighted by Crippen LogP contribution is -2.33. The van der Waals surface area contributed by atoms with Crippen molar-refractivity contribution >= 4 is 27.5 Å². The van der Waals surface area contributed by atoms with Gasteiger partial charge in [-0.3, -0.25) is 14.7 Å². The van der Waals surface area contributed by atoms with E-state index in [1.54, 1.807) is 18.5 Å². The summed E-state index contributed by atoms with van der Waals surface area (Å²) in [7, 11) is -5.53. The zero-order valence-electron chi connectivity index (χ0n) is 18.6. The number of carbonyl (C=O) groups is 2. The zero-order chi connectivity index (χ0) is 25.2. The molecule has 4 rings (SSSR count). The molecule has 2 fully saturated rings. The molecular weight excluding hydrogens is 489 g/mol. The highest BCUT2D eigenvalue weighted by Gasteiger charge is 2.47. The number of carbonyl (C=O) groups excluding carboxylic acids is 2. The molecule has 0 aliphatic carbocycles. The van der Waals surface area contributed by atoms with Crippen molar-refractivity contribution in [2.24, 2.45) is 0 Å². The summed E-state index contributed by atoms with van der Waals surface area (Å²) < 4.78 is 67.3. The number of anilines is 1. The Kier molecular flexibility index (Phi) is 6.99. The Labute approximate surface area is 200 Å². The van der Waals surface area contributed by atoms with Crippen molar-refractivity contribution in [2.45, 2.75) is 29.8 Å². The minimum Gasteiger partial charge on any atom is -0.490 e. The monoisotopic (exact) mass is 512 g/mol. The lowest BCUT2D eigenvalue weighted by molar-refractivity contribution is -0.116. The molecule has 0 spiro atoms. The molecule has 0 saturated carbocycles. The summed E-state index contributed by atoms with van der Waals surface area (Å²) in [4.78, 5) is 32.9. The van der Waals surface area contributed by atoms with E-state index >= 15 is 0 Å². The van der Waals surface area contributed by atoms with Crippen LogP contribution >= 0.6 is 0 Å². The van der Waals surface area contributed by atoms with E-state index in [1.165, 1.54) is 17.7 Å². The van der Waals surface area contributed by atoms with Gasteiger partial charge in [0.25, 0.3) is 15.7 Å². The van der Waals surface area contributed by atoms with Crippen LogP contribution in [0.3, 0.4) is 0 Å². The van der Waals surface area contributed by atoms with Crippen LogP contribution in [0.15, 0.2) is 47.6 Å². The average Bonchev–Trinajstić information content (AvgIpc) is 3.42. The zero-order valence-corrected chi connectivity index (χ0v) is 19.4. The van der Waals surface area contributed by atoms with Crippen molar-refractivity contribution in [2.75, 3.05) is 37.7 Å². The normalized spacial score (nSPS) is 17.5. The minimum atomic E-state index is -5.53. The maximum atomic E-state index is 12.9. The third-order valence-corrected chi connectivity index (χ3v) is 7.34. The molecule has 2 saturated heterocycles. The number of ether oxygens (including phenoxy) is 1. The van der Waals surface area contributed by atoms with E-state index < -0.39 is 32.2 Å². The SMILES string of the molecule is O=C1CN(Cc2ccncc2OCCN2CCCC2)C(=O)N1c1ccc(S(=O)(=O)C(F)(F)F)cc1. The number of pyridine rings is 1. The van der Waals surface area contributed by atoms with Crippen molar-refractivity contribution < 1.29 is 35.9 Å². The second kappa shape index (κ2) is 9.82. The molecule has 1 aromatic carbocycles. The number of alkyl halides is 3. The van der Waals surface area contributed by atoms with Crippen molar-refractivity contribution in [3.63, 3.8) is 0 Å². The van der Waals surface area contributed by atoms with Crippen LogP contribution < -0.4 is 9.64 Å². The quantitative estimate of drug-likeness (QED) is 0.502. The van der Waals surface area contributed by atoms with Crippen LogP contribution in [0, 0.1) is 0 Å². The minimum absolute atomic E-state index is 0.0274. The van der Waals surface area contributed by atoms with Crippen LogP contribution in [0.25, 0.3) is 0 Å². The van der Waals surface area contributed by atoms with Crippen LogP contribution in [0.4, 0.5) is 23.7 Å². The molecule has 0 bridgehead atoms. The van der Waals surface area contributed by atoms with Crippen LogP contribution in [-0.2, 0) is 21.2 Å². The highest BCUT2D eigenvalue weighted by atomic mass is 32.2. The molecule has 9 nitrogen and oxygen atoms in total. The summed E-state index contributed by atoms with van der Waals surface area (Å²) in [5.74, 6) is -0.0981.